The van der Waals surface area contributed by atoms with E-state index < -0.39 is 0 Å². The Kier molecular flexibility index (Phi) is 12.2. The summed E-state index contributed by atoms with van der Waals surface area (Å²) in [5.74, 6) is 0. The summed E-state index contributed by atoms with van der Waals surface area (Å²) in [6, 6.07) is 71.8. The number of hydrogen-bond donors (Lipinski definition) is 0. The normalized spacial score (nSPS) is 11.1. The molecule has 0 fully saturated rings. The third-order valence-electron chi connectivity index (χ3n) is 13.0. The monoisotopic (exact) mass is 856 g/mol. The predicted molar refractivity (Wildman–Crippen MR) is 288 cm³/mol. The molecule has 0 unspecified atom stereocenters. The van der Waals surface area contributed by atoms with Crippen LogP contribution < -0.4 is 19.6 Å². The van der Waals surface area contributed by atoms with Crippen molar-refractivity contribution in [1.29, 1.82) is 0 Å². The van der Waals surface area contributed by atoms with Gasteiger partial charge in [0.2, 0.25) is 0 Å². The fourth-order valence-electron chi connectivity index (χ4n) is 9.62. The molecule has 0 atom stereocenters. The minimum atomic E-state index is 0.683. The van der Waals surface area contributed by atoms with Crippen LogP contribution in [0.3, 0.4) is 0 Å². The van der Waals surface area contributed by atoms with Crippen molar-refractivity contribution in [2.45, 2.75) is 27.7 Å². The van der Waals surface area contributed by atoms with E-state index in [-0.39, 0.29) is 0 Å². The van der Waals surface area contributed by atoms with Gasteiger partial charge < -0.3 is 19.6 Å². The number of benzene rings is 10. The third-order valence-corrected chi connectivity index (χ3v) is 13.0. The van der Waals surface area contributed by atoms with Gasteiger partial charge >= 0.3 is 0 Å². The quantitative estimate of drug-likeness (QED) is 0.0730. The van der Waals surface area contributed by atoms with E-state index in [1.54, 1.807) is 0 Å². The van der Waals surface area contributed by atoms with Crippen LogP contribution >= 0.6 is 0 Å². The van der Waals surface area contributed by atoms with Gasteiger partial charge in [-0.15, -0.1) is 12.8 Å². The number of fused-ring (bicyclic) bond motifs is 6. The molecule has 0 aliphatic heterocycles. The maximum absolute atomic E-state index is 4.00. The van der Waals surface area contributed by atoms with Gasteiger partial charge in [-0.25, -0.2) is 0 Å². The average molecular weight is 857 g/mol. The Bertz CT molecular complexity index is 3110. The standard InChI is InChI=1S/C60H54N4.C2H2/c1-41-23-31-45(32-24-41)61(5)57-53-19-11-7-15-49(53)51-17-9-13-21-55(51)59(57)63(47-35-27-43(3)28-36-47)39-40-64(48-37-29-44(4)30-38-48)60-56-22-14-10-18-52(56)50-16-8-12-20-54(50)58(60)62(6)46-33-25-42(2)26-34-46;1-2/h7-38H,39-40H2,1-6H3;1-2H. The number of rotatable bonds is 11. The molecule has 10 aromatic carbocycles. The molecule has 324 valence electrons. The van der Waals surface area contributed by atoms with Crippen LogP contribution in [-0.2, 0) is 0 Å². The SMILES string of the molecule is C#C.Cc1ccc(N(C)c2c(N(CCN(c3ccc(C)cc3)c3c(N(C)c4ccc(C)cc4)c4ccccc4c4ccccc34)c3ccc(C)cc3)c3ccccc3c3ccccc23)cc1. The lowest BCUT2D eigenvalue weighted by Gasteiger charge is -2.37. The maximum atomic E-state index is 4.00. The second-order valence-electron chi connectivity index (χ2n) is 17.3. The third kappa shape index (κ3) is 8.06. The van der Waals surface area contributed by atoms with Crippen molar-refractivity contribution in [2.24, 2.45) is 0 Å². The zero-order chi connectivity index (χ0) is 45.9. The van der Waals surface area contributed by atoms with Crippen LogP contribution in [0.25, 0.3) is 43.1 Å². The van der Waals surface area contributed by atoms with E-state index in [0.717, 1.165) is 22.7 Å². The highest BCUT2D eigenvalue weighted by atomic mass is 15.2. The Labute approximate surface area is 390 Å². The summed E-state index contributed by atoms with van der Waals surface area (Å²) in [4.78, 5) is 9.96. The molecule has 0 saturated carbocycles. The Morgan fingerprint density at radius 1 is 0.273 bits per heavy atom. The molecule has 0 radical (unpaired) electrons. The first kappa shape index (κ1) is 43.3. The molecule has 10 aromatic rings. The molecule has 0 N–H and O–H groups in total. The van der Waals surface area contributed by atoms with E-state index in [1.165, 1.54) is 88.1 Å². The van der Waals surface area contributed by atoms with Gasteiger partial charge in [0.25, 0.3) is 0 Å². The number of nitrogens with zero attached hydrogens (tertiary/aromatic N) is 4. The largest absolute Gasteiger partial charge is 0.342 e. The predicted octanol–water partition coefficient (Wildman–Crippen LogP) is 16.3. The minimum Gasteiger partial charge on any atom is -0.342 e. The van der Waals surface area contributed by atoms with Crippen LogP contribution in [0.2, 0.25) is 0 Å². The van der Waals surface area contributed by atoms with Gasteiger partial charge in [-0.2, -0.15) is 0 Å². The van der Waals surface area contributed by atoms with Crippen LogP contribution in [0.5, 0.6) is 0 Å². The van der Waals surface area contributed by atoms with Gasteiger partial charge in [-0.3, -0.25) is 0 Å². The second-order valence-corrected chi connectivity index (χ2v) is 17.3. The van der Waals surface area contributed by atoms with E-state index in [4.69, 9.17) is 0 Å². The van der Waals surface area contributed by atoms with Gasteiger partial charge in [0.05, 0.1) is 22.7 Å². The summed E-state index contributed by atoms with van der Waals surface area (Å²) in [6.45, 7) is 10.0. The van der Waals surface area contributed by atoms with Gasteiger partial charge in [-0.1, -0.05) is 168 Å². The Morgan fingerprint density at radius 3 is 0.742 bits per heavy atom. The average Bonchev–Trinajstić information content (AvgIpc) is 3.36. The molecular formula is C62H56N4. The summed E-state index contributed by atoms with van der Waals surface area (Å²) in [5, 5.41) is 9.83. The smallest absolute Gasteiger partial charge is 0.0738 e. The maximum Gasteiger partial charge on any atom is 0.0738 e. The van der Waals surface area contributed by atoms with Gasteiger partial charge in [0, 0.05) is 71.5 Å². The van der Waals surface area contributed by atoms with Gasteiger partial charge in [-0.05, 0) is 97.8 Å². The van der Waals surface area contributed by atoms with E-state index in [1.807, 2.05) is 0 Å². The lowest BCUT2D eigenvalue weighted by Crippen LogP contribution is -2.32. The zero-order valence-corrected chi connectivity index (χ0v) is 38.8. The second kappa shape index (κ2) is 18.6. The lowest BCUT2D eigenvalue weighted by atomic mass is 9.95. The van der Waals surface area contributed by atoms with Gasteiger partial charge in [0.15, 0.2) is 0 Å². The number of anilines is 8. The summed E-state index contributed by atoms with van der Waals surface area (Å²) >= 11 is 0. The number of aryl methyl sites for hydroxylation is 4. The molecular weight excluding hydrogens is 801 g/mol. The highest BCUT2D eigenvalue weighted by molar-refractivity contribution is 6.23. The van der Waals surface area contributed by atoms with Crippen molar-refractivity contribution in [3.63, 3.8) is 0 Å². The molecule has 0 saturated heterocycles. The number of hydrogen-bond acceptors (Lipinski definition) is 4. The first-order chi connectivity index (χ1) is 32.2. The Morgan fingerprint density at radius 2 is 0.485 bits per heavy atom. The van der Waals surface area contributed by atoms with Crippen LogP contribution in [0.1, 0.15) is 22.3 Å². The molecule has 0 amide bonds. The Balaban J connectivity index is 0.00000270. The molecule has 4 nitrogen and oxygen atoms in total. The van der Waals surface area contributed by atoms with Crippen molar-refractivity contribution in [3.8, 4) is 12.8 Å². The van der Waals surface area contributed by atoms with Crippen LogP contribution in [0, 0.1) is 40.5 Å². The van der Waals surface area contributed by atoms with Crippen LogP contribution in [-0.4, -0.2) is 27.2 Å². The van der Waals surface area contributed by atoms with Crippen LogP contribution in [0.15, 0.2) is 194 Å². The topological polar surface area (TPSA) is 13.0 Å². The minimum absolute atomic E-state index is 0.683. The molecule has 0 aliphatic rings. The fraction of sp³-hybridized carbons (Fsp3) is 0.129. The van der Waals surface area contributed by atoms with Crippen LogP contribution in [0.4, 0.5) is 45.5 Å². The first-order valence-electron chi connectivity index (χ1n) is 22.7. The molecule has 10 rings (SSSR count). The molecule has 0 spiro atoms. The van der Waals surface area contributed by atoms with Crippen molar-refractivity contribution < 1.29 is 0 Å². The van der Waals surface area contributed by atoms with Crippen molar-refractivity contribution >= 4 is 88.6 Å². The van der Waals surface area contributed by atoms with E-state index in [2.05, 4.69) is 268 Å². The van der Waals surface area contributed by atoms with Gasteiger partial charge in [0.1, 0.15) is 0 Å². The highest BCUT2D eigenvalue weighted by Gasteiger charge is 2.28. The van der Waals surface area contributed by atoms with E-state index >= 15 is 0 Å². The van der Waals surface area contributed by atoms with Crippen molar-refractivity contribution in [2.75, 3.05) is 46.8 Å². The summed E-state index contributed by atoms with van der Waals surface area (Å²) in [5.41, 5.74) is 14.3. The summed E-state index contributed by atoms with van der Waals surface area (Å²) in [6.07, 6.45) is 8.00. The molecule has 0 aliphatic carbocycles. The molecule has 4 heteroatoms. The highest BCUT2D eigenvalue weighted by Crippen LogP contribution is 2.50. The molecule has 0 aromatic heterocycles. The van der Waals surface area contributed by atoms with E-state index in [0.29, 0.717) is 13.1 Å². The summed E-state index contributed by atoms with van der Waals surface area (Å²) < 4.78 is 0. The summed E-state index contributed by atoms with van der Waals surface area (Å²) in [7, 11) is 4.45. The lowest BCUT2D eigenvalue weighted by molar-refractivity contribution is 0.888. The molecule has 0 heterocycles. The number of terminal acetylenes is 1. The van der Waals surface area contributed by atoms with Crippen molar-refractivity contribution in [3.05, 3.63) is 216 Å². The first-order valence-corrected chi connectivity index (χ1v) is 22.7. The molecule has 66 heavy (non-hydrogen) atoms. The van der Waals surface area contributed by atoms with Crippen molar-refractivity contribution in [1.82, 2.24) is 0 Å². The van der Waals surface area contributed by atoms with E-state index in [9.17, 15) is 0 Å². The Hall–Kier alpha value is -8.00. The zero-order valence-electron chi connectivity index (χ0n) is 38.8. The molecule has 0 bridgehead atoms. The fourth-order valence-corrected chi connectivity index (χ4v) is 9.62.